The van der Waals surface area contributed by atoms with Crippen molar-refractivity contribution in [2.24, 2.45) is 0 Å². The lowest BCUT2D eigenvalue weighted by atomic mass is 10.1. The number of hydrogen-bond acceptors (Lipinski definition) is 9. The monoisotopic (exact) mass is 377 g/mol. The predicted octanol–water partition coefficient (Wildman–Crippen LogP) is -0.704. The maximum Gasteiger partial charge on any atom is 0.368 e. The minimum Gasteiger partial charge on any atom is -0.465 e. The maximum atomic E-state index is 11.9. The highest BCUT2D eigenvalue weighted by Gasteiger charge is 2.24. The number of methoxy groups -OCH3 is 1. The van der Waals surface area contributed by atoms with Gasteiger partial charge in [0.25, 0.3) is 6.23 Å². The molecule has 0 bridgehead atoms. The van der Waals surface area contributed by atoms with Crippen LogP contribution in [0.25, 0.3) is 0 Å². The third-order valence-electron chi connectivity index (χ3n) is 3.50. The molecule has 1 amide bonds. The second kappa shape index (κ2) is 12.1. The Balaban J connectivity index is 2.26. The summed E-state index contributed by atoms with van der Waals surface area (Å²) in [5, 5.41) is 18.2. The average molecular weight is 377 g/mol. The van der Waals surface area contributed by atoms with E-state index < -0.39 is 24.5 Å². The molecule has 1 rings (SSSR count). The highest BCUT2D eigenvalue weighted by molar-refractivity contribution is 7.99. The highest BCUT2D eigenvalue weighted by atomic mass is 32.2. The Kier molecular flexibility index (Phi) is 10.5. The molecule has 0 aromatic heterocycles. The number of carbonyl (C=O) groups excluding carboxylic acids is 3. The van der Waals surface area contributed by atoms with Crippen LogP contribution in [0.15, 0.2) is 0 Å². The molecular formula is C15H27N3O6S. The van der Waals surface area contributed by atoms with Gasteiger partial charge in [-0.05, 0) is 12.8 Å². The van der Waals surface area contributed by atoms with Crippen molar-refractivity contribution in [2.75, 3.05) is 26.0 Å². The van der Waals surface area contributed by atoms with Crippen LogP contribution >= 0.6 is 11.8 Å². The summed E-state index contributed by atoms with van der Waals surface area (Å²) < 4.78 is 9.21. The van der Waals surface area contributed by atoms with Gasteiger partial charge < -0.3 is 19.9 Å². The largest absolute Gasteiger partial charge is 0.465 e. The van der Waals surface area contributed by atoms with Crippen molar-refractivity contribution in [3.8, 4) is 0 Å². The van der Waals surface area contributed by atoms with E-state index in [2.05, 4.69) is 20.7 Å². The van der Waals surface area contributed by atoms with E-state index in [1.165, 1.54) is 0 Å². The molecular weight excluding hydrogens is 350 g/mol. The van der Waals surface area contributed by atoms with Crippen LogP contribution in [0.5, 0.6) is 0 Å². The molecule has 10 heteroatoms. The number of ether oxygens (including phenoxy) is 2. The Bertz CT molecular complexity index is 451. The Hall–Kier alpha value is -1.36. The van der Waals surface area contributed by atoms with E-state index in [1.807, 2.05) is 11.8 Å². The summed E-state index contributed by atoms with van der Waals surface area (Å²) in [6.45, 7) is 2.58. The fourth-order valence-electron chi connectivity index (χ4n) is 2.27. The van der Waals surface area contributed by atoms with Crippen molar-refractivity contribution < 1.29 is 29.0 Å². The lowest BCUT2D eigenvalue weighted by Crippen LogP contribution is -2.47. The van der Waals surface area contributed by atoms with Crippen molar-refractivity contribution in [3.05, 3.63) is 0 Å². The summed E-state index contributed by atoms with van der Waals surface area (Å²) in [5.74, 6) is -0.957. The molecule has 25 heavy (non-hydrogen) atoms. The number of esters is 2. The van der Waals surface area contributed by atoms with Crippen LogP contribution in [0, 0.1) is 0 Å². The summed E-state index contributed by atoms with van der Waals surface area (Å²) >= 11 is 1.83. The molecule has 3 atom stereocenters. The van der Waals surface area contributed by atoms with E-state index in [9.17, 15) is 19.5 Å². The molecule has 1 heterocycles. The van der Waals surface area contributed by atoms with Crippen LogP contribution in [-0.2, 0) is 23.9 Å². The average Bonchev–Trinajstić information content (AvgIpc) is 2.55. The maximum absolute atomic E-state index is 11.9. The number of aliphatic hydroxyl groups excluding tert-OH is 1. The van der Waals surface area contributed by atoms with Gasteiger partial charge in [-0.15, -0.1) is 0 Å². The molecule has 0 aromatic carbocycles. The van der Waals surface area contributed by atoms with Gasteiger partial charge in [0.05, 0.1) is 7.11 Å². The molecule has 0 aromatic rings. The lowest BCUT2D eigenvalue weighted by molar-refractivity contribution is -0.168. The van der Waals surface area contributed by atoms with E-state index >= 15 is 0 Å². The van der Waals surface area contributed by atoms with Gasteiger partial charge in [0.1, 0.15) is 0 Å². The molecule has 1 aliphatic heterocycles. The van der Waals surface area contributed by atoms with Crippen LogP contribution in [0.1, 0.15) is 32.6 Å². The predicted molar refractivity (Wildman–Crippen MR) is 92.4 cm³/mol. The molecule has 0 radical (unpaired) electrons. The van der Waals surface area contributed by atoms with Crippen LogP contribution in [0.4, 0.5) is 0 Å². The lowest BCUT2D eigenvalue weighted by Gasteiger charge is -2.24. The molecule has 1 fully saturated rings. The van der Waals surface area contributed by atoms with E-state index in [1.54, 1.807) is 0 Å². The second-order valence-electron chi connectivity index (χ2n) is 5.58. The summed E-state index contributed by atoms with van der Waals surface area (Å²) in [6, 6.07) is 0. The van der Waals surface area contributed by atoms with Gasteiger partial charge in [0.15, 0.2) is 6.35 Å². The number of nitrogens with one attached hydrogen (secondary N) is 3. The Labute approximate surface area is 151 Å². The smallest absolute Gasteiger partial charge is 0.368 e. The van der Waals surface area contributed by atoms with Crippen LogP contribution in [0.3, 0.4) is 0 Å². The van der Waals surface area contributed by atoms with Gasteiger partial charge in [-0.2, -0.15) is 11.8 Å². The van der Waals surface area contributed by atoms with Crippen molar-refractivity contribution >= 4 is 29.6 Å². The molecule has 9 nitrogen and oxygen atoms in total. The van der Waals surface area contributed by atoms with Gasteiger partial charge in [0.2, 0.25) is 5.91 Å². The number of hydrogen-bond donors (Lipinski definition) is 4. The SMILES string of the molecule is COC(=O)C(NC(=O)CCCCC1CNC(O)NCCS1)OC(C)=O. The van der Waals surface area contributed by atoms with Gasteiger partial charge in [0, 0.05) is 37.4 Å². The van der Waals surface area contributed by atoms with E-state index in [0.29, 0.717) is 18.2 Å². The Morgan fingerprint density at radius 2 is 2.08 bits per heavy atom. The molecule has 144 valence electrons. The van der Waals surface area contributed by atoms with Gasteiger partial charge in [-0.1, -0.05) is 6.42 Å². The molecule has 0 spiro atoms. The van der Waals surface area contributed by atoms with E-state index in [0.717, 1.165) is 39.2 Å². The van der Waals surface area contributed by atoms with Crippen molar-refractivity contribution in [3.63, 3.8) is 0 Å². The fourth-order valence-corrected chi connectivity index (χ4v) is 3.38. The number of rotatable bonds is 8. The summed E-state index contributed by atoms with van der Waals surface area (Å²) in [4.78, 5) is 34.3. The topological polar surface area (TPSA) is 126 Å². The van der Waals surface area contributed by atoms with Crippen LogP contribution in [-0.4, -0.2) is 66.7 Å². The molecule has 4 N–H and O–H groups in total. The first kappa shape index (κ1) is 21.7. The normalized spacial score (nSPS) is 22.2. The number of aliphatic hydroxyl groups is 1. The molecule has 0 saturated carbocycles. The molecule has 0 aliphatic carbocycles. The van der Waals surface area contributed by atoms with Crippen molar-refractivity contribution in [1.82, 2.24) is 16.0 Å². The number of amides is 1. The highest BCUT2D eigenvalue weighted by Crippen LogP contribution is 2.18. The van der Waals surface area contributed by atoms with Crippen LogP contribution < -0.4 is 16.0 Å². The number of thioether (sulfide) groups is 1. The zero-order valence-electron chi connectivity index (χ0n) is 14.6. The summed E-state index contributed by atoms with van der Waals surface area (Å²) in [6.07, 6.45) is 0.552. The van der Waals surface area contributed by atoms with E-state index in [-0.39, 0.29) is 12.3 Å². The minimum atomic E-state index is -1.41. The first-order valence-electron chi connectivity index (χ1n) is 8.23. The third-order valence-corrected chi connectivity index (χ3v) is 4.82. The summed E-state index contributed by atoms with van der Waals surface area (Å²) in [5.41, 5.74) is 0. The zero-order chi connectivity index (χ0) is 18.7. The minimum absolute atomic E-state index is 0.226. The fraction of sp³-hybridized carbons (Fsp3) is 0.800. The van der Waals surface area contributed by atoms with E-state index in [4.69, 9.17) is 4.74 Å². The Morgan fingerprint density at radius 1 is 1.32 bits per heavy atom. The third kappa shape index (κ3) is 9.63. The van der Waals surface area contributed by atoms with Gasteiger partial charge in [-0.25, -0.2) is 4.79 Å². The molecule has 1 saturated heterocycles. The van der Waals surface area contributed by atoms with Crippen molar-refractivity contribution in [2.45, 2.75) is 50.4 Å². The van der Waals surface area contributed by atoms with Crippen LogP contribution in [0.2, 0.25) is 0 Å². The Morgan fingerprint density at radius 3 is 2.76 bits per heavy atom. The standard InChI is InChI=1S/C15H27N3O6S/c1-10(19)24-13(14(21)23-2)18-12(20)6-4-3-5-11-9-17-15(22)16-7-8-25-11/h11,13,15-17,22H,3-9H2,1-2H3,(H,18,20). The molecule has 1 aliphatic rings. The first-order valence-corrected chi connectivity index (χ1v) is 9.28. The first-order chi connectivity index (χ1) is 11.9. The van der Waals surface area contributed by atoms with Crippen molar-refractivity contribution in [1.29, 1.82) is 0 Å². The number of unbranched alkanes of at least 4 members (excludes halogenated alkanes) is 1. The second-order valence-corrected chi connectivity index (χ2v) is 6.99. The summed E-state index contributed by atoms with van der Waals surface area (Å²) in [7, 11) is 1.15. The van der Waals surface area contributed by atoms with Gasteiger partial charge in [-0.3, -0.25) is 20.2 Å². The van der Waals surface area contributed by atoms with Gasteiger partial charge >= 0.3 is 11.9 Å². The number of carbonyl (C=O) groups is 3. The quantitative estimate of drug-likeness (QED) is 0.247. The molecule has 3 unspecified atom stereocenters. The zero-order valence-corrected chi connectivity index (χ0v) is 15.4.